The number of imide groups is 1. The fraction of sp³-hybridized carbons (Fsp3) is 0.115. The minimum Gasteiger partial charge on any atom is -0.495 e. The number of rotatable bonds is 8. The topological polar surface area (TPSA) is 84.9 Å². The third-order valence-corrected chi connectivity index (χ3v) is 6.93. The van der Waals surface area contributed by atoms with Gasteiger partial charge < -0.3 is 14.8 Å². The molecular weight excluding hydrogens is 568 g/mol. The van der Waals surface area contributed by atoms with E-state index in [1.165, 1.54) is 7.11 Å². The van der Waals surface area contributed by atoms with Crippen LogP contribution in [0.4, 0.5) is 10.5 Å². The molecule has 0 atom stereocenters. The fourth-order valence-corrected chi connectivity index (χ4v) is 4.79. The van der Waals surface area contributed by atoms with Crippen molar-refractivity contribution in [3.63, 3.8) is 0 Å². The van der Waals surface area contributed by atoms with Crippen molar-refractivity contribution in [2.75, 3.05) is 19.0 Å². The number of thioether (sulfide) groups is 1. The fourth-order valence-electron chi connectivity index (χ4n) is 3.39. The highest BCUT2D eigenvalue weighted by molar-refractivity contribution is 9.10. The maximum absolute atomic E-state index is 13.0. The number of halogens is 2. The summed E-state index contributed by atoms with van der Waals surface area (Å²) in [5.74, 6) is -0.0934. The second-order valence-corrected chi connectivity index (χ2v) is 9.89. The molecule has 1 heterocycles. The van der Waals surface area contributed by atoms with Crippen LogP contribution in [0.15, 0.2) is 76.1 Å². The molecule has 184 valence electrons. The molecule has 0 saturated carbocycles. The molecule has 1 fully saturated rings. The Morgan fingerprint density at radius 1 is 1.08 bits per heavy atom. The Hall–Kier alpha value is -3.27. The molecule has 3 aromatic carbocycles. The molecule has 3 amide bonds. The van der Waals surface area contributed by atoms with Crippen LogP contribution in [-0.4, -0.2) is 35.6 Å². The van der Waals surface area contributed by atoms with Gasteiger partial charge in [0.05, 0.1) is 17.7 Å². The summed E-state index contributed by atoms with van der Waals surface area (Å²) in [5.41, 5.74) is 1.86. The third kappa shape index (κ3) is 6.10. The van der Waals surface area contributed by atoms with E-state index < -0.39 is 23.6 Å². The van der Waals surface area contributed by atoms with E-state index in [9.17, 15) is 14.4 Å². The molecular formula is C26H20BrClN2O5S. The van der Waals surface area contributed by atoms with E-state index in [2.05, 4.69) is 21.2 Å². The van der Waals surface area contributed by atoms with Gasteiger partial charge in [-0.25, -0.2) is 0 Å². The van der Waals surface area contributed by atoms with Crippen LogP contribution < -0.4 is 14.8 Å². The number of amides is 3. The van der Waals surface area contributed by atoms with Gasteiger partial charge in [0.1, 0.15) is 24.7 Å². The number of hydrogen-bond donors (Lipinski definition) is 1. The average Bonchev–Trinajstić information content (AvgIpc) is 3.12. The minimum absolute atomic E-state index is 0.186. The molecule has 3 aromatic rings. The number of hydrogen-bond acceptors (Lipinski definition) is 6. The van der Waals surface area contributed by atoms with E-state index in [1.807, 2.05) is 24.3 Å². The Labute approximate surface area is 225 Å². The van der Waals surface area contributed by atoms with Crippen LogP contribution in [0.5, 0.6) is 11.5 Å². The zero-order valence-corrected chi connectivity index (χ0v) is 22.2. The lowest BCUT2D eigenvalue weighted by Gasteiger charge is -2.14. The summed E-state index contributed by atoms with van der Waals surface area (Å²) in [7, 11) is 1.49. The lowest BCUT2D eigenvalue weighted by atomic mass is 10.1. The van der Waals surface area contributed by atoms with E-state index in [-0.39, 0.29) is 11.5 Å². The number of benzene rings is 3. The van der Waals surface area contributed by atoms with Crippen molar-refractivity contribution in [2.24, 2.45) is 0 Å². The highest BCUT2D eigenvalue weighted by Gasteiger charge is 2.36. The number of nitrogens with one attached hydrogen (secondary N) is 1. The Bertz CT molecular complexity index is 1360. The Morgan fingerprint density at radius 3 is 2.61 bits per heavy atom. The summed E-state index contributed by atoms with van der Waals surface area (Å²) in [6.07, 6.45) is 1.58. The maximum Gasteiger partial charge on any atom is 0.294 e. The first-order chi connectivity index (χ1) is 17.4. The molecule has 1 aliphatic heterocycles. The Morgan fingerprint density at radius 2 is 1.83 bits per heavy atom. The quantitative estimate of drug-likeness (QED) is 0.309. The molecule has 0 unspecified atom stereocenters. The summed E-state index contributed by atoms with van der Waals surface area (Å²) < 4.78 is 12.0. The summed E-state index contributed by atoms with van der Waals surface area (Å²) >= 11 is 10.4. The van der Waals surface area contributed by atoms with Crippen molar-refractivity contribution >= 4 is 68.1 Å². The van der Waals surface area contributed by atoms with Crippen LogP contribution >= 0.6 is 39.3 Å². The van der Waals surface area contributed by atoms with E-state index >= 15 is 0 Å². The zero-order chi connectivity index (χ0) is 25.7. The average molecular weight is 588 g/mol. The number of carbonyl (C=O) groups is 3. The molecule has 0 aliphatic carbocycles. The molecule has 1 N–H and O–H groups in total. The van der Waals surface area contributed by atoms with E-state index in [0.29, 0.717) is 27.8 Å². The highest BCUT2D eigenvalue weighted by atomic mass is 79.9. The number of methoxy groups -OCH3 is 1. The molecule has 4 rings (SSSR count). The molecule has 0 aromatic heterocycles. The molecule has 10 heteroatoms. The number of anilines is 1. The zero-order valence-electron chi connectivity index (χ0n) is 19.0. The highest BCUT2D eigenvalue weighted by Crippen LogP contribution is 2.35. The molecule has 36 heavy (non-hydrogen) atoms. The van der Waals surface area contributed by atoms with Crippen LogP contribution in [0.2, 0.25) is 5.02 Å². The van der Waals surface area contributed by atoms with Gasteiger partial charge in [0.25, 0.3) is 11.1 Å². The first kappa shape index (κ1) is 25.8. The standard InChI is InChI=1S/C26H20BrClN2O5S/c1-34-22-9-5-4-8-20(22)29-24(31)14-30-25(32)23(36-26(30)33)13-17-12-18(27)10-11-21(17)35-15-16-6-2-3-7-19(16)28/h2-13H,14-15H2,1H3,(H,29,31)/b23-13+. The first-order valence-corrected chi connectivity index (χ1v) is 12.7. The SMILES string of the molecule is COc1ccccc1NC(=O)CN1C(=O)S/C(=C/c2cc(Br)ccc2OCc2ccccc2Cl)C1=O. The second-order valence-electron chi connectivity index (χ2n) is 7.58. The van der Waals surface area contributed by atoms with Gasteiger partial charge in [-0.2, -0.15) is 0 Å². The Balaban J connectivity index is 1.49. The van der Waals surface area contributed by atoms with Crippen LogP contribution in [0.1, 0.15) is 11.1 Å². The van der Waals surface area contributed by atoms with Crippen LogP contribution in [0.3, 0.4) is 0 Å². The number of ether oxygens (including phenoxy) is 2. The maximum atomic E-state index is 13.0. The third-order valence-electron chi connectivity index (χ3n) is 5.16. The lowest BCUT2D eigenvalue weighted by molar-refractivity contribution is -0.127. The van der Waals surface area contributed by atoms with Crippen molar-refractivity contribution in [1.29, 1.82) is 0 Å². The summed E-state index contributed by atoms with van der Waals surface area (Å²) in [6.45, 7) is -0.193. The van der Waals surface area contributed by atoms with Crippen molar-refractivity contribution in [3.05, 3.63) is 92.3 Å². The van der Waals surface area contributed by atoms with Gasteiger partial charge in [-0.3, -0.25) is 19.3 Å². The monoisotopic (exact) mass is 586 g/mol. The van der Waals surface area contributed by atoms with Crippen LogP contribution in [-0.2, 0) is 16.2 Å². The predicted octanol–water partition coefficient (Wildman–Crippen LogP) is 6.37. The summed E-state index contributed by atoms with van der Waals surface area (Å²) in [6, 6.07) is 19.6. The summed E-state index contributed by atoms with van der Waals surface area (Å²) in [4.78, 5) is 39.2. The predicted molar refractivity (Wildman–Crippen MR) is 144 cm³/mol. The summed E-state index contributed by atoms with van der Waals surface area (Å²) in [5, 5.41) is 2.73. The van der Waals surface area contributed by atoms with E-state index in [0.717, 1.165) is 26.7 Å². The minimum atomic E-state index is -0.558. The van der Waals surface area contributed by atoms with Gasteiger partial charge in [-0.15, -0.1) is 0 Å². The molecule has 0 radical (unpaired) electrons. The van der Waals surface area contributed by atoms with Crippen LogP contribution in [0.25, 0.3) is 6.08 Å². The van der Waals surface area contributed by atoms with Crippen molar-refractivity contribution < 1.29 is 23.9 Å². The van der Waals surface area contributed by atoms with Crippen molar-refractivity contribution in [3.8, 4) is 11.5 Å². The lowest BCUT2D eigenvalue weighted by Crippen LogP contribution is -2.36. The van der Waals surface area contributed by atoms with Gasteiger partial charge in [0, 0.05) is 20.6 Å². The van der Waals surface area contributed by atoms with E-state index in [4.69, 9.17) is 21.1 Å². The first-order valence-electron chi connectivity index (χ1n) is 10.7. The van der Waals surface area contributed by atoms with Gasteiger partial charge in [-0.05, 0) is 54.2 Å². The van der Waals surface area contributed by atoms with Gasteiger partial charge in [0.15, 0.2) is 0 Å². The van der Waals surface area contributed by atoms with Gasteiger partial charge in [-0.1, -0.05) is 57.9 Å². The molecule has 1 aliphatic rings. The molecule has 7 nitrogen and oxygen atoms in total. The second kappa shape index (κ2) is 11.6. The Kier molecular flexibility index (Phi) is 8.35. The molecule has 1 saturated heterocycles. The smallest absolute Gasteiger partial charge is 0.294 e. The number of nitrogens with zero attached hydrogens (tertiary/aromatic N) is 1. The van der Waals surface area contributed by atoms with E-state index in [1.54, 1.807) is 48.5 Å². The largest absolute Gasteiger partial charge is 0.495 e. The van der Waals surface area contributed by atoms with Crippen molar-refractivity contribution in [1.82, 2.24) is 4.90 Å². The van der Waals surface area contributed by atoms with Gasteiger partial charge >= 0.3 is 0 Å². The molecule has 0 bridgehead atoms. The van der Waals surface area contributed by atoms with Crippen molar-refractivity contribution in [2.45, 2.75) is 6.61 Å². The normalized spacial score (nSPS) is 14.3. The van der Waals surface area contributed by atoms with Gasteiger partial charge in [0.2, 0.25) is 5.91 Å². The number of carbonyl (C=O) groups excluding carboxylic acids is 3. The van der Waals surface area contributed by atoms with Crippen LogP contribution in [0, 0.1) is 0 Å². The number of para-hydroxylation sites is 2. The molecule has 0 spiro atoms.